The Kier molecular flexibility index (Phi) is 4.74. The Labute approximate surface area is 131 Å². The van der Waals surface area contributed by atoms with Crippen molar-refractivity contribution in [3.05, 3.63) is 48.0 Å². The van der Waals surface area contributed by atoms with E-state index in [2.05, 4.69) is 11.4 Å². The Morgan fingerprint density at radius 3 is 2.59 bits per heavy atom. The zero-order chi connectivity index (χ0) is 15.4. The van der Waals surface area contributed by atoms with Crippen molar-refractivity contribution in [1.29, 1.82) is 0 Å². The Hall–Kier alpha value is -1.87. The molecule has 0 aromatic heterocycles. The number of amides is 1. The van der Waals surface area contributed by atoms with Crippen LogP contribution in [0.4, 0.5) is 0 Å². The number of fused-ring (bicyclic) bond motifs is 1. The van der Waals surface area contributed by atoms with E-state index in [1.165, 1.54) is 18.2 Å². The fraction of sp³-hybridized carbons (Fsp3) is 0.421. The Bertz CT molecular complexity index is 647. The predicted molar refractivity (Wildman–Crippen MR) is 88.5 cm³/mol. The van der Waals surface area contributed by atoms with Crippen LogP contribution in [0, 0.1) is 5.92 Å². The molecule has 0 unspecified atom stereocenters. The maximum Gasteiger partial charge on any atom is 0.220 e. The average molecular weight is 297 g/mol. The van der Waals surface area contributed by atoms with Crippen LogP contribution in [-0.2, 0) is 4.79 Å². The van der Waals surface area contributed by atoms with Gasteiger partial charge in [0.15, 0.2) is 0 Å². The van der Waals surface area contributed by atoms with Gasteiger partial charge in [-0.1, -0.05) is 49.2 Å². The van der Waals surface area contributed by atoms with Crippen LogP contribution in [0.2, 0.25) is 0 Å². The third-order valence-corrected chi connectivity index (χ3v) is 4.64. The summed E-state index contributed by atoms with van der Waals surface area (Å²) in [6.07, 6.45) is 5.39. The lowest BCUT2D eigenvalue weighted by Crippen LogP contribution is -2.31. The summed E-state index contributed by atoms with van der Waals surface area (Å²) in [6, 6.07) is 13.9. The van der Waals surface area contributed by atoms with E-state index in [-0.39, 0.29) is 18.6 Å². The number of aliphatic hydroxyl groups excluding tert-OH is 1. The molecule has 0 saturated heterocycles. The quantitative estimate of drug-likeness (QED) is 0.886. The van der Waals surface area contributed by atoms with Crippen LogP contribution in [0.5, 0.6) is 0 Å². The predicted octanol–water partition coefficient (Wildman–Crippen LogP) is 3.57. The molecule has 116 valence electrons. The highest BCUT2D eigenvalue weighted by molar-refractivity contribution is 5.83. The van der Waals surface area contributed by atoms with Crippen molar-refractivity contribution in [1.82, 2.24) is 5.32 Å². The minimum atomic E-state index is -0.321. The molecule has 3 nitrogen and oxygen atoms in total. The van der Waals surface area contributed by atoms with Crippen LogP contribution in [-0.4, -0.2) is 17.6 Å². The minimum Gasteiger partial charge on any atom is -0.394 e. The van der Waals surface area contributed by atoms with Crippen molar-refractivity contribution in [2.24, 2.45) is 5.92 Å². The van der Waals surface area contributed by atoms with Gasteiger partial charge in [-0.2, -0.15) is 0 Å². The number of rotatable bonds is 5. The molecule has 0 heterocycles. The summed E-state index contributed by atoms with van der Waals surface area (Å²) in [5, 5.41) is 14.9. The van der Waals surface area contributed by atoms with Crippen LogP contribution in [0.3, 0.4) is 0 Å². The number of benzene rings is 2. The van der Waals surface area contributed by atoms with E-state index in [0.29, 0.717) is 12.3 Å². The first-order valence-corrected chi connectivity index (χ1v) is 8.15. The lowest BCUT2D eigenvalue weighted by Gasteiger charge is -2.18. The molecule has 1 saturated carbocycles. The molecule has 1 fully saturated rings. The lowest BCUT2D eigenvalue weighted by molar-refractivity contribution is -0.123. The number of hydrogen-bond acceptors (Lipinski definition) is 2. The van der Waals surface area contributed by atoms with Gasteiger partial charge in [-0.25, -0.2) is 0 Å². The Balaban J connectivity index is 1.70. The van der Waals surface area contributed by atoms with Crippen molar-refractivity contribution < 1.29 is 9.90 Å². The third kappa shape index (κ3) is 3.47. The zero-order valence-electron chi connectivity index (χ0n) is 12.8. The van der Waals surface area contributed by atoms with Crippen LogP contribution in [0.1, 0.15) is 43.7 Å². The van der Waals surface area contributed by atoms with Gasteiger partial charge in [0.25, 0.3) is 0 Å². The summed E-state index contributed by atoms with van der Waals surface area (Å²) in [6.45, 7) is -0.0747. The van der Waals surface area contributed by atoms with E-state index in [0.717, 1.165) is 23.8 Å². The molecule has 1 amide bonds. The van der Waals surface area contributed by atoms with E-state index < -0.39 is 0 Å². The molecule has 1 aliphatic carbocycles. The van der Waals surface area contributed by atoms with E-state index in [1.54, 1.807) is 0 Å². The minimum absolute atomic E-state index is 0.0547. The van der Waals surface area contributed by atoms with E-state index in [1.807, 2.05) is 36.4 Å². The zero-order valence-corrected chi connectivity index (χ0v) is 12.8. The van der Waals surface area contributed by atoms with Crippen molar-refractivity contribution in [3.8, 4) is 0 Å². The van der Waals surface area contributed by atoms with E-state index >= 15 is 0 Å². The van der Waals surface area contributed by atoms with Gasteiger partial charge in [-0.05, 0) is 41.2 Å². The van der Waals surface area contributed by atoms with E-state index in [4.69, 9.17) is 0 Å². The van der Waals surface area contributed by atoms with Gasteiger partial charge in [0.05, 0.1) is 12.6 Å². The van der Waals surface area contributed by atoms with Gasteiger partial charge in [0.1, 0.15) is 0 Å². The normalized spacial score (nSPS) is 16.8. The molecule has 2 aromatic rings. The summed E-state index contributed by atoms with van der Waals surface area (Å²) >= 11 is 0. The Morgan fingerprint density at radius 1 is 1.14 bits per heavy atom. The summed E-state index contributed by atoms with van der Waals surface area (Å²) < 4.78 is 0. The van der Waals surface area contributed by atoms with Crippen molar-refractivity contribution in [2.45, 2.75) is 38.1 Å². The van der Waals surface area contributed by atoms with Crippen LogP contribution in [0.25, 0.3) is 10.8 Å². The summed E-state index contributed by atoms with van der Waals surface area (Å²) in [4.78, 5) is 12.2. The highest BCUT2D eigenvalue weighted by atomic mass is 16.3. The SMILES string of the molecule is O=C(CC1CCCC1)N[C@@H](CO)c1ccc2ccccc2c1. The van der Waals surface area contributed by atoms with Gasteiger partial charge in [0.2, 0.25) is 5.91 Å². The molecule has 1 aliphatic rings. The number of carbonyl (C=O) groups excluding carboxylic acids is 1. The van der Waals surface area contributed by atoms with Crippen LogP contribution < -0.4 is 5.32 Å². The second kappa shape index (κ2) is 6.93. The van der Waals surface area contributed by atoms with E-state index in [9.17, 15) is 9.90 Å². The van der Waals surface area contributed by atoms with Crippen LogP contribution >= 0.6 is 0 Å². The molecule has 0 radical (unpaired) electrons. The highest BCUT2D eigenvalue weighted by Crippen LogP contribution is 2.28. The fourth-order valence-corrected chi connectivity index (χ4v) is 3.39. The molecule has 0 aliphatic heterocycles. The number of carbonyl (C=O) groups is 1. The first kappa shape index (κ1) is 15.0. The van der Waals surface area contributed by atoms with Crippen molar-refractivity contribution in [3.63, 3.8) is 0 Å². The standard InChI is InChI=1S/C19H23NO2/c21-13-18(20-19(22)11-14-5-1-2-6-14)17-10-9-15-7-3-4-8-16(15)12-17/h3-4,7-10,12,14,18,21H,1-2,5-6,11,13H2,(H,20,22)/t18-/m0/s1. The number of nitrogens with one attached hydrogen (secondary N) is 1. The first-order valence-electron chi connectivity index (χ1n) is 8.15. The number of hydrogen-bond donors (Lipinski definition) is 2. The molecular weight excluding hydrogens is 274 g/mol. The lowest BCUT2D eigenvalue weighted by atomic mass is 10.0. The second-order valence-electron chi connectivity index (χ2n) is 6.26. The maximum absolute atomic E-state index is 12.2. The maximum atomic E-state index is 12.2. The van der Waals surface area contributed by atoms with Gasteiger partial charge in [-0.3, -0.25) is 4.79 Å². The van der Waals surface area contributed by atoms with Gasteiger partial charge >= 0.3 is 0 Å². The number of aliphatic hydroxyl groups is 1. The van der Waals surface area contributed by atoms with Crippen LogP contribution in [0.15, 0.2) is 42.5 Å². The largest absolute Gasteiger partial charge is 0.394 e. The van der Waals surface area contributed by atoms with Gasteiger partial charge < -0.3 is 10.4 Å². The molecular formula is C19H23NO2. The van der Waals surface area contributed by atoms with Gasteiger partial charge in [-0.15, -0.1) is 0 Å². The monoisotopic (exact) mass is 297 g/mol. The topological polar surface area (TPSA) is 49.3 Å². The smallest absolute Gasteiger partial charge is 0.220 e. The molecule has 2 N–H and O–H groups in total. The average Bonchev–Trinajstić information content (AvgIpc) is 3.05. The third-order valence-electron chi connectivity index (χ3n) is 4.64. The molecule has 2 aromatic carbocycles. The summed E-state index contributed by atoms with van der Waals surface area (Å²) in [7, 11) is 0. The molecule has 0 bridgehead atoms. The highest BCUT2D eigenvalue weighted by Gasteiger charge is 2.20. The molecule has 22 heavy (non-hydrogen) atoms. The molecule has 3 heteroatoms. The molecule has 3 rings (SSSR count). The van der Waals surface area contributed by atoms with Gasteiger partial charge in [0, 0.05) is 6.42 Å². The van der Waals surface area contributed by atoms with Crippen molar-refractivity contribution in [2.75, 3.05) is 6.61 Å². The second-order valence-corrected chi connectivity index (χ2v) is 6.26. The fourth-order valence-electron chi connectivity index (χ4n) is 3.39. The molecule has 0 spiro atoms. The molecule has 1 atom stereocenters. The summed E-state index contributed by atoms with van der Waals surface area (Å²) in [5.41, 5.74) is 0.959. The first-order chi connectivity index (χ1) is 10.8. The Morgan fingerprint density at radius 2 is 1.86 bits per heavy atom. The summed E-state index contributed by atoms with van der Waals surface area (Å²) in [5.74, 6) is 0.579. The van der Waals surface area contributed by atoms with Crippen molar-refractivity contribution >= 4 is 16.7 Å².